The van der Waals surface area contributed by atoms with Crippen molar-refractivity contribution in [3.8, 4) is 0 Å². The Labute approximate surface area is 108 Å². The summed E-state index contributed by atoms with van der Waals surface area (Å²) < 4.78 is 0. The number of aryl methyl sites for hydroxylation is 1. The van der Waals surface area contributed by atoms with Gasteiger partial charge in [0, 0.05) is 17.6 Å². The van der Waals surface area contributed by atoms with Gasteiger partial charge in [0.25, 0.3) is 0 Å². The lowest BCUT2D eigenvalue weighted by Gasteiger charge is -2.32. The van der Waals surface area contributed by atoms with Crippen LogP contribution in [0.4, 0.5) is 0 Å². The Kier molecular flexibility index (Phi) is 4.95. The molecule has 17 heavy (non-hydrogen) atoms. The van der Waals surface area contributed by atoms with E-state index in [1.165, 1.54) is 37.5 Å². The molecule has 0 amide bonds. The number of thiazole rings is 1. The van der Waals surface area contributed by atoms with Crippen molar-refractivity contribution in [2.24, 2.45) is 5.92 Å². The van der Waals surface area contributed by atoms with E-state index in [4.69, 9.17) is 0 Å². The molecule has 3 nitrogen and oxygen atoms in total. The zero-order chi connectivity index (χ0) is 12.1. The minimum Gasteiger partial charge on any atom is -0.317 e. The Balaban J connectivity index is 1.80. The molecule has 2 rings (SSSR count). The highest BCUT2D eigenvalue weighted by molar-refractivity contribution is 7.09. The Morgan fingerprint density at radius 1 is 1.59 bits per heavy atom. The third kappa shape index (κ3) is 4.05. The molecule has 1 N–H and O–H groups in total. The fraction of sp³-hybridized carbons (Fsp3) is 0.769. The van der Waals surface area contributed by atoms with Crippen LogP contribution in [0.1, 0.15) is 30.5 Å². The van der Waals surface area contributed by atoms with Crippen molar-refractivity contribution < 1.29 is 0 Å². The molecular formula is C13H23N3S. The molecule has 1 fully saturated rings. The zero-order valence-electron chi connectivity index (χ0n) is 10.9. The summed E-state index contributed by atoms with van der Waals surface area (Å²) >= 11 is 1.79. The summed E-state index contributed by atoms with van der Waals surface area (Å²) in [5, 5.41) is 6.89. The Morgan fingerprint density at radius 3 is 3.18 bits per heavy atom. The molecule has 1 saturated heterocycles. The Hall–Kier alpha value is -0.450. The summed E-state index contributed by atoms with van der Waals surface area (Å²) in [4.78, 5) is 7.11. The molecule has 0 aromatic carbocycles. The van der Waals surface area contributed by atoms with Gasteiger partial charge in [-0.2, -0.15) is 0 Å². The van der Waals surface area contributed by atoms with Crippen molar-refractivity contribution >= 4 is 11.3 Å². The van der Waals surface area contributed by atoms with Crippen LogP contribution in [0.5, 0.6) is 0 Å². The molecule has 4 heteroatoms. The average molecular weight is 253 g/mol. The molecule has 0 spiro atoms. The molecule has 1 aliphatic heterocycles. The van der Waals surface area contributed by atoms with Crippen molar-refractivity contribution in [3.63, 3.8) is 0 Å². The predicted octanol–water partition coefficient (Wildman–Crippen LogP) is 2.27. The summed E-state index contributed by atoms with van der Waals surface area (Å²) in [5.41, 5.74) is 1.16. The van der Waals surface area contributed by atoms with E-state index in [-0.39, 0.29) is 0 Å². The molecular weight excluding hydrogens is 230 g/mol. The molecule has 1 unspecified atom stereocenters. The van der Waals surface area contributed by atoms with Crippen molar-refractivity contribution in [1.29, 1.82) is 0 Å². The smallest absolute Gasteiger partial charge is 0.107 e. The second-order valence-electron chi connectivity index (χ2n) is 4.93. The second-order valence-corrected chi connectivity index (χ2v) is 5.88. The van der Waals surface area contributed by atoms with Gasteiger partial charge in [-0.15, -0.1) is 11.3 Å². The number of nitrogens with one attached hydrogen (secondary N) is 1. The lowest BCUT2D eigenvalue weighted by molar-refractivity contribution is 0.165. The first kappa shape index (κ1) is 13.0. The van der Waals surface area contributed by atoms with Gasteiger partial charge in [-0.05, 0) is 45.3 Å². The zero-order valence-corrected chi connectivity index (χ0v) is 11.7. The monoisotopic (exact) mass is 253 g/mol. The molecule has 96 valence electrons. The van der Waals surface area contributed by atoms with Gasteiger partial charge in [-0.25, -0.2) is 4.98 Å². The van der Waals surface area contributed by atoms with Crippen LogP contribution >= 0.6 is 11.3 Å². The van der Waals surface area contributed by atoms with Gasteiger partial charge in [0.15, 0.2) is 0 Å². The number of likely N-dealkylation sites (tertiary alicyclic amines) is 1. The van der Waals surface area contributed by atoms with Crippen molar-refractivity contribution in [2.45, 2.75) is 33.2 Å². The largest absolute Gasteiger partial charge is 0.317 e. The fourth-order valence-corrected chi connectivity index (χ4v) is 3.29. The highest BCUT2D eigenvalue weighted by Gasteiger charge is 2.20. The third-order valence-corrected chi connectivity index (χ3v) is 4.26. The second kappa shape index (κ2) is 6.47. The fourth-order valence-electron chi connectivity index (χ4n) is 2.48. The molecule has 0 radical (unpaired) electrons. The number of aromatic nitrogens is 1. The summed E-state index contributed by atoms with van der Waals surface area (Å²) in [7, 11) is 0. The van der Waals surface area contributed by atoms with E-state index in [1.54, 1.807) is 11.3 Å². The first-order valence-corrected chi connectivity index (χ1v) is 7.50. The number of hydrogen-bond acceptors (Lipinski definition) is 4. The van der Waals surface area contributed by atoms with E-state index >= 15 is 0 Å². The molecule has 0 saturated carbocycles. The normalized spacial score (nSPS) is 21.9. The standard InChI is InChI=1S/C13H23N3S/c1-3-14-7-12-5-4-6-16(8-12)9-13-15-11(2)10-17-13/h10,12,14H,3-9H2,1-2H3. The van der Waals surface area contributed by atoms with Gasteiger partial charge in [0.05, 0.1) is 6.54 Å². The third-order valence-electron chi connectivity index (χ3n) is 3.31. The van der Waals surface area contributed by atoms with E-state index in [0.717, 1.165) is 24.7 Å². The minimum absolute atomic E-state index is 0.824. The van der Waals surface area contributed by atoms with Crippen molar-refractivity contribution in [2.75, 3.05) is 26.2 Å². The summed E-state index contributed by atoms with van der Waals surface area (Å²) in [6.07, 6.45) is 2.71. The maximum Gasteiger partial charge on any atom is 0.107 e. The van der Waals surface area contributed by atoms with Crippen LogP contribution in [0.15, 0.2) is 5.38 Å². The minimum atomic E-state index is 0.824. The molecule has 1 aromatic rings. The quantitative estimate of drug-likeness (QED) is 0.872. The van der Waals surface area contributed by atoms with Gasteiger partial charge in [0.1, 0.15) is 5.01 Å². The van der Waals surface area contributed by atoms with Gasteiger partial charge in [-0.3, -0.25) is 4.90 Å². The first-order valence-electron chi connectivity index (χ1n) is 6.62. The number of hydrogen-bond donors (Lipinski definition) is 1. The van der Waals surface area contributed by atoms with E-state index in [2.05, 4.69) is 34.4 Å². The highest BCUT2D eigenvalue weighted by Crippen LogP contribution is 2.19. The van der Waals surface area contributed by atoms with Crippen LogP contribution in [0, 0.1) is 12.8 Å². The number of rotatable bonds is 5. The van der Waals surface area contributed by atoms with Crippen LogP contribution in [-0.2, 0) is 6.54 Å². The van der Waals surface area contributed by atoms with E-state index in [1.807, 2.05) is 0 Å². The highest BCUT2D eigenvalue weighted by atomic mass is 32.1. The van der Waals surface area contributed by atoms with E-state index in [9.17, 15) is 0 Å². The Morgan fingerprint density at radius 2 is 2.47 bits per heavy atom. The van der Waals surface area contributed by atoms with Crippen LogP contribution < -0.4 is 5.32 Å². The molecule has 0 aliphatic carbocycles. The maximum atomic E-state index is 4.55. The van der Waals surface area contributed by atoms with Gasteiger partial charge >= 0.3 is 0 Å². The molecule has 2 heterocycles. The Bertz CT molecular complexity index is 337. The maximum absolute atomic E-state index is 4.55. The van der Waals surface area contributed by atoms with Gasteiger partial charge < -0.3 is 5.32 Å². The van der Waals surface area contributed by atoms with Crippen LogP contribution in [0.25, 0.3) is 0 Å². The summed E-state index contributed by atoms with van der Waals surface area (Å²) in [6.45, 7) is 10.0. The van der Waals surface area contributed by atoms with E-state index < -0.39 is 0 Å². The van der Waals surface area contributed by atoms with E-state index in [0.29, 0.717) is 0 Å². The van der Waals surface area contributed by atoms with Crippen LogP contribution in [0.2, 0.25) is 0 Å². The lowest BCUT2D eigenvalue weighted by atomic mass is 9.98. The van der Waals surface area contributed by atoms with Crippen LogP contribution in [-0.4, -0.2) is 36.1 Å². The molecule has 1 atom stereocenters. The van der Waals surface area contributed by atoms with Gasteiger partial charge in [-0.1, -0.05) is 6.92 Å². The first-order chi connectivity index (χ1) is 8.28. The van der Waals surface area contributed by atoms with Crippen molar-refractivity contribution in [1.82, 2.24) is 15.2 Å². The molecule has 0 bridgehead atoms. The SMILES string of the molecule is CCNCC1CCCN(Cc2nc(C)cs2)C1. The van der Waals surface area contributed by atoms with Gasteiger partial charge in [0.2, 0.25) is 0 Å². The average Bonchev–Trinajstić information content (AvgIpc) is 2.73. The molecule has 1 aromatic heterocycles. The predicted molar refractivity (Wildman–Crippen MR) is 73.4 cm³/mol. The number of piperidine rings is 1. The molecule has 1 aliphatic rings. The summed E-state index contributed by atoms with van der Waals surface area (Å²) in [5.74, 6) is 0.824. The van der Waals surface area contributed by atoms with Crippen molar-refractivity contribution in [3.05, 3.63) is 16.1 Å². The summed E-state index contributed by atoms with van der Waals surface area (Å²) in [6, 6.07) is 0. The number of nitrogens with zero attached hydrogens (tertiary/aromatic N) is 2. The lowest BCUT2D eigenvalue weighted by Crippen LogP contribution is -2.39. The topological polar surface area (TPSA) is 28.2 Å². The van der Waals surface area contributed by atoms with Crippen LogP contribution in [0.3, 0.4) is 0 Å².